The summed E-state index contributed by atoms with van der Waals surface area (Å²) in [7, 11) is 2.96. The van der Waals surface area contributed by atoms with Crippen molar-refractivity contribution < 1.29 is 13.9 Å². The number of carbonyl (C=O) groups is 1. The fourth-order valence-electron chi connectivity index (χ4n) is 2.83. The maximum absolute atomic E-state index is 14.3. The maximum atomic E-state index is 14.3. The Hall–Kier alpha value is -3.42. The first-order chi connectivity index (χ1) is 13.8. The van der Waals surface area contributed by atoms with Crippen molar-refractivity contribution in [3.63, 3.8) is 0 Å². The van der Waals surface area contributed by atoms with Gasteiger partial charge in [0.15, 0.2) is 11.6 Å². The van der Waals surface area contributed by atoms with Gasteiger partial charge < -0.3 is 15.4 Å². The highest BCUT2D eigenvalue weighted by molar-refractivity contribution is 5.99. The second kappa shape index (κ2) is 7.90. The highest BCUT2D eigenvalue weighted by atomic mass is 19.1. The minimum Gasteiger partial charge on any atom is -0.492 e. The molecule has 1 amide bonds. The van der Waals surface area contributed by atoms with Gasteiger partial charge in [0.25, 0.3) is 5.91 Å². The van der Waals surface area contributed by atoms with Crippen LogP contribution in [0.5, 0.6) is 5.75 Å². The smallest absolute Gasteiger partial charge is 0.254 e. The molecule has 2 N–H and O–H groups in total. The summed E-state index contributed by atoms with van der Waals surface area (Å²) >= 11 is 0. The van der Waals surface area contributed by atoms with Crippen LogP contribution >= 0.6 is 0 Å². The summed E-state index contributed by atoms with van der Waals surface area (Å²) in [5, 5.41) is 10.4. The number of amides is 1. The third-order valence-electron chi connectivity index (χ3n) is 4.38. The molecule has 0 aliphatic rings. The van der Waals surface area contributed by atoms with Crippen molar-refractivity contribution in [2.45, 2.75) is 26.2 Å². The molecule has 2 aromatic heterocycles. The van der Waals surface area contributed by atoms with Crippen molar-refractivity contribution >= 4 is 17.5 Å². The third kappa shape index (κ3) is 4.06. The molecule has 3 rings (SSSR count). The van der Waals surface area contributed by atoms with Crippen molar-refractivity contribution in [2.75, 3.05) is 19.5 Å². The zero-order chi connectivity index (χ0) is 21.2. The molecule has 0 saturated carbocycles. The predicted octanol–water partition coefficient (Wildman–Crippen LogP) is 3.82. The number of benzene rings is 1. The van der Waals surface area contributed by atoms with Gasteiger partial charge in [-0.2, -0.15) is 5.10 Å². The molecular weight excluding hydrogens is 373 g/mol. The highest BCUT2D eigenvalue weighted by Crippen LogP contribution is 2.33. The Morgan fingerprint density at radius 3 is 2.62 bits per heavy atom. The van der Waals surface area contributed by atoms with Gasteiger partial charge in [-0.1, -0.05) is 26.8 Å². The number of hydrogen-bond donors (Lipinski definition) is 2. The van der Waals surface area contributed by atoms with E-state index in [1.54, 1.807) is 42.2 Å². The number of methoxy groups -OCH3 is 1. The molecule has 0 fully saturated rings. The first-order valence-corrected chi connectivity index (χ1v) is 9.13. The van der Waals surface area contributed by atoms with Crippen molar-refractivity contribution in [1.82, 2.24) is 20.1 Å². The Labute approximate surface area is 168 Å². The summed E-state index contributed by atoms with van der Waals surface area (Å²) in [5.74, 6) is 0.205. The van der Waals surface area contributed by atoms with Crippen LogP contribution in [0.1, 0.15) is 36.8 Å². The van der Waals surface area contributed by atoms with E-state index in [2.05, 4.69) is 20.7 Å². The van der Waals surface area contributed by atoms with E-state index in [0.29, 0.717) is 22.9 Å². The SMILES string of the molecule is CNC(=O)c1cccnc1Nc1cc(C(C)(C)C)nn1-c1cccc(F)c1OC. The van der Waals surface area contributed by atoms with Gasteiger partial charge >= 0.3 is 0 Å². The summed E-state index contributed by atoms with van der Waals surface area (Å²) in [5.41, 5.74) is 1.34. The van der Waals surface area contributed by atoms with Crippen LogP contribution in [0.25, 0.3) is 5.69 Å². The number of rotatable bonds is 5. The second-order valence-corrected chi connectivity index (χ2v) is 7.47. The van der Waals surface area contributed by atoms with Crippen molar-refractivity contribution in [1.29, 1.82) is 0 Å². The van der Waals surface area contributed by atoms with E-state index in [0.717, 1.165) is 5.69 Å². The Balaban J connectivity index is 2.17. The fourth-order valence-corrected chi connectivity index (χ4v) is 2.83. The first-order valence-electron chi connectivity index (χ1n) is 9.13. The molecule has 2 heterocycles. The molecule has 0 aliphatic heterocycles. The molecule has 152 valence electrons. The lowest BCUT2D eigenvalue weighted by molar-refractivity contribution is 0.0963. The van der Waals surface area contributed by atoms with Crippen LogP contribution in [0, 0.1) is 5.82 Å². The van der Waals surface area contributed by atoms with E-state index in [-0.39, 0.29) is 17.1 Å². The van der Waals surface area contributed by atoms with Crippen molar-refractivity contribution in [3.05, 3.63) is 59.7 Å². The number of nitrogens with one attached hydrogen (secondary N) is 2. The van der Waals surface area contributed by atoms with Gasteiger partial charge in [-0.3, -0.25) is 4.79 Å². The van der Waals surface area contributed by atoms with Crippen molar-refractivity contribution in [2.24, 2.45) is 0 Å². The molecule has 0 bridgehead atoms. The average molecular weight is 397 g/mol. The number of pyridine rings is 1. The van der Waals surface area contributed by atoms with Gasteiger partial charge in [0.05, 0.1) is 18.4 Å². The number of para-hydroxylation sites is 1. The number of ether oxygens (including phenoxy) is 1. The summed E-state index contributed by atoms with van der Waals surface area (Å²) in [4.78, 5) is 16.5. The van der Waals surface area contributed by atoms with E-state index >= 15 is 0 Å². The number of aromatic nitrogens is 3. The quantitative estimate of drug-likeness (QED) is 0.684. The molecule has 7 nitrogen and oxygen atoms in total. The fraction of sp³-hybridized carbons (Fsp3) is 0.286. The Kier molecular flexibility index (Phi) is 5.54. The third-order valence-corrected chi connectivity index (χ3v) is 4.38. The monoisotopic (exact) mass is 397 g/mol. The first kappa shape index (κ1) is 20.3. The van der Waals surface area contributed by atoms with Gasteiger partial charge in [0, 0.05) is 24.7 Å². The second-order valence-electron chi connectivity index (χ2n) is 7.47. The van der Waals surface area contributed by atoms with Gasteiger partial charge in [-0.25, -0.2) is 14.1 Å². The van der Waals surface area contributed by atoms with Crippen LogP contribution in [0.4, 0.5) is 16.0 Å². The topological polar surface area (TPSA) is 81.1 Å². The lowest BCUT2D eigenvalue weighted by Crippen LogP contribution is -2.20. The summed E-state index contributed by atoms with van der Waals surface area (Å²) in [6, 6.07) is 9.83. The van der Waals surface area contributed by atoms with Crippen LogP contribution in [-0.4, -0.2) is 34.8 Å². The number of nitrogens with zero attached hydrogens (tertiary/aromatic N) is 3. The maximum Gasteiger partial charge on any atom is 0.254 e. The van der Waals surface area contributed by atoms with Gasteiger partial charge in [-0.15, -0.1) is 0 Å². The molecule has 0 aliphatic carbocycles. The van der Waals surface area contributed by atoms with Gasteiger partial charge in [0.2, 0.25) is 0 Å². The minimum atomic E-state index is -0.493. The van der Waals surface area contributed by atoms with Crippen LogP contribution in [0.2, 0.25) is 0 Å². The molecule has 0 unspecified atom stereocenters. The highest BCUT2D eigenvalue weighted by Gasteiger charge is 2.24. The average Bonchev–Trinajstić information content (AvgIpc) is 3.11. The van der Waals surface area contributed by atoms with Gasteiger partial charge in [-0.05, 0) is 24.3 Å². The molecule has 0 radical (unpaired) electrons. The zero-order valence-corrected chi connectivity index (χ0v) is 17.1. The van der Waals surface area contributed by atoms with E-state index in [9.17, 15) is 9.18 Å². The molecular formula is C21H24FN5O2. The largest absolute Gasteiger partial charge is 0.492 e. The Morgan fingerprint density at radius 1 is 1.21 bits per heavy atom. The molecule has 29 heavy (non-hydrogen) atoms. The molecule has 0 atom stereocenters. The van der Waals surface area contributed by atoms with E-state index < -0.39 is 5.82 Å². The molecule has 3 aromatic rings. The van der Waals surface area contributed by atoms with E-state index in [1.165, 1.54) is 13.2 Å². The summed E-state index contributed by atoms with van der Waals surface area (Å²) < 4.78 is 21.1. The van der Waals surface area contributed by atoms with Crippen molar-refractivity contribution in [3.8, 4) is 11.4 Å². The predicted molar refractivity (Wildman–Crippen MR) is 110 cm³/mol. The lowest BCUT2D eigenvalue weighted by Gasteiger charge is -2.15. The molecule has 1 aromatic carbocycles. The summed E-state index contributed by atoms with van der Waals surface area (Å²) in [6.07, 6.45) is 1.59. The van der Waals surface area contributed by atoms with Crippen LogP contribution in [-0.2, 0) is 5.41 Å². The number of anilines is 2. The van der Waals surface area contributed by atoms with Gasteiger partial charge in [0.1, 0.15) is 17.3 Å². The van der Waals surface area contributed by atoms with E-state index in [1.807, 2.05) is 26.8 Å². The molecule has 0 spiro atoms. The zero-order valence-electron chi connectivity index (χ0n) is 17.1. The lowest BCUT2D eigenvalue weighted by atomic mass is 9.92. The minimum absolute atomic E-state index is 0.0756. The van der Waals surface area contributed by atoms with Crippen LogP contribution < -0.4 is 15.4 Å². The van der Waals surface area contributed by atoms with E-state index in [4.69, 9.17) is 4.74 Å². The molecule has 0 saturated heterocycles. The summed E-state index contributed by atoms with van der Waals surface area (Å²) in [6.45, 7) is 6.09. The Bertz CT molecular complexity index is 1040. The van der Waals surface area contributed by atoms with Crippen LogP contribution in [0.15, 0.2) is 42.6 Å². The number of hydrogen-bond acceptors (Lipinski definition) is 5. The normalized spacial score (nSPS) is 11.2. The standard InChI is InChI=1S/C21H24FN5O2/c1-21(2,3)16-12-17(25-19-13(20(28)23-4)8-7-11-24-19)27(26-16)15-10-6-9-14(22)18(15)29-5/h6-12H,1-5H3,(H,23,28)(H,24,25). The number of carbonyl (C=O) groups excluding carboxylic acids is 1. The van der Waals surface area contributed by atoms with Crippen LogP contribution in [0.3, 0.4) is 0 Å². The molecule has 8 heteroatoms. The number of halogens is 1. The Morgan fingerprint density at radius 2 is 1.97 bits per heavy atom.